The van der Waals surface area contributed by atoms with Gasteiger partial charge in [-0.25, -0.2) is 0 Å². The molecule has 1 heterocycles. The van der Waals surface area contributed by atoms with E-state index in [2.05, 4.69) is 5.16 Å². The summed E-state index contributed by atoms with van der Waals surface area (Å²) in [4.78, 5) is 0. The minimum absolute atomic E-state index is 0.579. The Morgan fingerprint density at radius 3 is 3.00 bits per heavy atom. The van der Waals surface area contributed by atoms with Gasteiger partial charge in [-0.2, -0.15) is 0 Å². The Morgan fingerprint density at radius 2 is 2.42 bits per heavy atom. The van der Waals surface area contributed by atoms with Crippen LogP contribution in [0.3, 0.4) is 0 Å². The average molecular weight is 186 g/mol. The van der Waals surface area contributed by atoms with E-state index in [1.165, 1.54) is 0 Å². The average Bonchev–Trinajstić information content (AvgIpc) is 2.45. The van der Waals surface area contributed by atoms with Crippen molar-refractivity contribution < 1.29 is 4.52 Å². The number of halogens is 1. The number of allylic oxidation sites excluding steroid dienone is 2. The smallest absolute Gasteiger partial charge is 0.137 e. The van der Waals surface area contributed by atoms with Crippen molar-refractivity contribution in [2.75, 3.05) is 5.88 Å². The molecule has 0 radical (unpaired) electrons. The van der Waals surface area contributed by atoms with Gasteiger partial charge in [0.05, 0.1) is 5.69 Å². The van der Waals surface area contributed by atoms with Crippen LogP contribution in [0.4, 0.5) is 0 Å². The van der Waals surface area contributed by atoms with Gasteiger partial charge in [0.1, 0.15) is 5.76 Å². The van der Waals surface area contributed by atoms with Crippen molar-refractivity contribution in [2.24, 2.45) is 0 Å². The molecule has 0 spiro atoms. The van der Waals surface area contributed by atoms with Gasteiger partial charge < -0.3 is 4.52 Å². The molecule has 0 aliphatic carbocycles. The topological polar surface area (TPSA) is 26.0 Å². The zero-order chi connectivity index (χ0) is 8.81. The van der Waals surface area contributed by atoms with Crippen LogP contribution in [0.1, 0.15) is 17.9 Å². The fraction of sp³-hybridized carbons (Fsp3) is 0.444. The summed E-state index contributed by atoms with van der Waals surface area (Å²) in [5.41, 5.74) is 0.936. The minimum Gasteiger partial charge on any atom is -0.361 e. The third kappa shape index (κ3) is 3.09. The molecule has 3 heteroatoms. The predicted molar refractivity (Wildman–Crippen MR) is 49.4 cm³/mol. The summed E-state index contributed by atoms with van der Waals surface area (Å²) < 4.78 is 5.03. The molecule has 0 bridgehead atoms. The Labute approximate surface area is 77.2 Å². The van der Waals surface area contributed by atoms with Gasteiger partial charge in [-0.3, -0.25) is 0 Å². The first-order valence-electron chi connectivity index (χ1n) is 3.96. The van der Waals surface area contributed by atoms with Crippen LogP contribution >= 0.6 is 11.6 Å². The molecule has 0 saturated carbocycles. The second kappa shape index (κ2) is 4.99. The van der Waals surface area contributed by atoms with E-state index in [-0.39, 0.29) is 0 Å². The van der Waals surface area contributed by atoms with Gasteiger partial charge in [-0.05, 0) is 13.3 Å². The summed E-state index contributed by atoms with van der Waals surface area (Å²) in [5.74, 6) is 1.52. The molecule has 0 N–H and O–H groups in total. The van der Waals surface area contributed by atoms with Gasteiger partial charge in [-0.1, -0.05) is 17.3 Å². The molecular weight excluding hydrogens is 174 g/mol. The number of hydrogen-bond acceptors (Lipinski definition) is 2. The number of hydrogen-bond donors (Lipinski definition) is 0. The van der Waals surface area contributed by atoms with Gasteiger partial charge in [0.2, 0.25) is 0 Å². The highest BCUT2D eigenvalue weighted by molar-refractivity contribution is 6.18. The predicted octanol–water partition coefficient (Wildman–Crippen LogP) is 2.71. The van der Waals surface area contributed by atoms with E-state index in [1.54, 1.807) is 0 Å². The second-order valence-corrected chi connectivity index (χ2v) is 2.91. The maximum Gasteiger partial charge on any atom is 0.137 e. The molecular formula is C9H12ClNO. The zero-order valence-corrected chi connectivity index (χ0v) is 7.84. The molecule has 1 aromatic rings. The van der Waals surface area contributed by atoms with Crippen LogP contribution in [0.2, 0.25) is 0 Å². The van der Waals surface area contributed by atoms with E-state index >= 15 is 0 Å². The van der Waals surface area contributed by atoms with E-state index < -0.39 is 0 Å². The van der Waals surface area contributed by atoms with Gasteiger partial charge in [0.15, 0.2) is 0 Å². The minimum atomic E-state index is 0.579. The van der Waals surface area contributed by atoms with Crippen molar-refractivity contribution in [3.63, 3.8) is 0 Å². The van der Waals surface area contributed by atoms with Gasteiger partial charge in [-0.15, -0.1) is 11.6 Å². The zero-order valence-electron chi connectivity index (χ0n) is 7.09. The largest absolute Gasteiger partial charge is 0.361 e. The Bertz CT molecular complexity index is 255. The molecule has 0 saturated heterocycles. The maximum absolute atomic E-state index is 5.46. The molecule has 2 nitrogen and oxygen atoms in total. The highest BCUT2D eigenvalue weighted by Gasteiger charge is 1.97. The van der Waals surface area contributed by atoms with Crippen LogP contribution in [0, 0.1) is 6.92 Å². The van der Waals surface area contributed by atoms with Crippen LogP contribution in [0.5, 0.6) is 0 Å². The van der Waals surface area contributed by atoms with Crippen LogP contribution in [0.15, 0.2) is 22.7 Å². The van der Waals surface area contributed by atoms with Crippen molar-refractivity contribution in [3.05, 3.63) is 29.7 Å². The third-order valence-electron chi connectivity index (χ3n) is 1.49. The third-order valence-corrected chi connectivity index (χ3v) is 1.67. The quantitative estimate of drug-likeness (QED) is 0.533. The van der Waals surface area contributed by atoms with Crippen molar-refractivity contribution in [3.8, 4) is 0 Å². The number of aromatic nitrogens is 1. The molecule has 66 valence electrons. The van der Waals surface area contributed by atoms with Gasteiger partial charge in [0, 0.05) is 18.4 Å². The first-order chi connectivity index (χ1) is 5.83. The Kier molecular flexibility index (Phi) is 3.88. The molecule has 0 aromatic carbocycles. The lowest BCUT2D eigenvalue weighted by Gasteiger charge is -1.87. The molecule has 1 rings (SSSR count). The van der Waals surface area contributed by atoms with E-state index in [9.17, 15) is 0 Å². The highest BCUT2D eigenvalue weighted by atomic mass is 35.5. The molecule has 0 atom stereocenters. The summed E-state index contributed by atoms with van der Waals surface area (Å²) in [6.45, 7) is 1.92. The molecule has 12 heavy (non-hydrogen) atoms. The molecule has 0 aliphatic rings. The lowest BCUT2D eigenvalue weighted by molar-refractivity contribution is 0.380. The summed E-state index contributed by atoms with van der Waals surface area (Å²) in [6, 6.07) is 1.95. The maximum atomic E-state index is 5.46. The molecule has 1 aromatic heterocycles. The molecule has 0 fully saturated rings. The Balaban J connectivity index is 2.28. The fourth-order valence-electron chi connectivity index (χ4n) is 0.941. The second-order valence-electron chi connectivity index (χ2n) is 2.60. The summed E-state index contributed by atoms with van der Waals surface area (Å²) >= 11 is 5.46. The number of aryl methyl sites for hydroxylation is 2. The van der Waals surface area contributed by atoms with Crippen LogP contribution in [0.25, 0.3) is 0 Å². The first kappa shape index (κ1) is 9.33. The standard InChI is InChI=1S/C9H12ClNO/c1-8-7-9(12-11-8)5-3-2-4-6-10/h2,4,7H,3,5-6H2,1H3. The first-order valence-corrected chi connectivity index (χ1v) is 4.49. The van der Waals surface area contributed by atoms with Crippen molar-refractivity contribution in [1.29, 1.82) is 0 Å². The number of alkyl halides is 1. The van der Waals surface area contributed by atoms with E-state index in [4.69, 9.17) is 16.1 Å². The van der Waals surface area contributed by atoms with Gasteiger partial charge in [0.25, 0.3) is 0 Å². The van der Waals surface area contributed by atoms with Crippen molar-refractivity contribution >= 4 is 11.6 Å². The summed E-state index contributed by atoms with van der Waals surface area (Å²) in [7, 11) is 0. The SMILES string of the molecule is Cc1cc(CCC=CCCl)on1. The van der Waals surface area contributed by atoms with Crippen LogP contribution < -0.4 is 0 Å². The van der Waals surface area contributed by atoms with Crippen molar-refractivity contribution in [2.45, 2.75) is 19.8 Å². The lowest BCUT2D eigenvalue weighted by Crippen LogP contribution is -1.77. The molecule has 0 amide bonds. The van der Waals surface area contributed by atoms with Crippen molar-refractivity contribution in [1.82, 2.24) is 5.16 Å². The van der Waals surface area contributed by atoms with Crippen LogP contribution in [-0.2, 0) is 6.42 Å². The van der Waals surface area contributed by atoms with E-state index in [1.807, 2.05) is 25.1 Å². The normalized spacial score (nSPS) is 11.2. The van der Waals surface area contributed by atoms with E-state index in [0.717, 1.165) is 24.3 Å². The highest BCUT2D eigenvalue weighted by Crippen LogP contribution is 2.05. The van der Waals surface area contributed by atoms with Gasteiger partial charge >= 0.3 is 0 Å². The Morgan fingerprint density at radius 1 is 1.58 bits per heavy atom. The summed E-state index contributed by atoms with van der Waals surface area (Å²) in [6.07, 6.45) is 5.84. The number of rotatable bonds is 4. The molecule has 0 unspecified atom stereocenters. The van der Waals surface area contributed by atoms with Crippen LogP contribution in [-0.4, -0.2) is 11.0 Å². The number of nitrogens with zero attached hydrogens (tertiary/aromatic N) is 1. The summed E-state index contributed by atoms with van der Waals surface area (Å²) in [5, 5.41) is 3.79. The lowest BCUT2D eigenvalue weighted by atomic mass is 10.2. The Hall–Kier alpha value is -0.760. The van der Waals surface area contributed by atoms with E-state index in [0.29, 0.717) is 5.88 Å². The monoisotopic (exact) mass is 185 g/mol. The molecule has 0 aliphatic heterocycles. The fourth-order valence-corrected chi connectivity index (χ4v) is 1.07.